The van der Waals surface area contributed by atoms with Gasteiger partial charge in [-0.3, -0.25) is 0 Å². The molecule has 0 spiro atoms. The molecule has 0 atom stereocenters. The molecule has 0 radical (unpaired) electrons. The van der Waals surface area contributed by atoms with Crippen LogP contribution in [0.4, 0.5) is 0 Å². The Morgan fingerprint density at radius 1 is 1.47 bits per heavy atom. The van der Waals surface area contributed by atoms with E-state index in [1.165, 1.54) is 5.56 Å². The molecule has 0 aliphatic carbocycles. The first kappa shape index (κ1) is 11.7. The van der Waals surface area contributed by atoms with Gasteiger partial charge in [-0.05, 0) is 55.5 Å². The predicted octanol–water partition coefficient (Wildman–Crippen LogP) is 2.81. The first-order chi connectivity index (χ1) is 8.09. The second-order valence-electron chi connectivity index (χ2n) is 4.34. The maximum atomic E-state index is 10.8. The lowest BCUT2D eigenvalue weighted by molar-refractivity contribution is -0.132. The summed E-state index contributed by atoms with van der Waals surface area (Å²) in [4.78, 5) is 10.8. The number of rotatable bonds is 2. The second-order valence-corrected chi connectivity index (χ2v) is 4.34. The van der Waals surface area contributed by atoms with Crippen LogP contribution >= 0.6 is 0 Å². The number of benzene rings is 1. The van der Waals surface area contributed by atoms with Gasteiger partial charge in [-0.1, -0.05) is 6.07 Å². The van der Waals surface area contributed by atoms with Crippen LogP contribution in [0.5, 0.6) is 5.75 Å². The third-order valence-electron chi connectivity index (χ3n) is 3.14. The summed E-state index contributed by atoms with van der Waals surface area (Å²) >= 11 is 0. The lowest BCUT2D eigenvalue weighted by Crippen LogP contribution is -2.10. The summed E-state index contributed by atoms with van der Waals surface area (Å²) in [5.74, 6) is 0.0669. The van der Waals surface area contributed by atoms with Gasteiger partial charge in [-0.15, -0.1) is 0 Å². The van der Waals surface area contributed by atoms with E-state index in [2.05, 4.69) is 0 Å². The van der Waals surface area contributed by atoms with Crippen molar-refractivity contribution in [1.29, 1.82) is 0 Å². The summed E-state index contributed by atoms with van der Waals surface area (Å²) < 4.78 is 5.57. The van der Waals surface area contributed by atoms with Gasteiger partial charge in [0.1, 0.15) is 5.75 Å². The van der Waals surface area contributed by atoms with Gasteiger partial charge in [-0.2, -0.15) is 0 Å². The predicted molar refractivity (Wildman–Crippen MR) is 66.3 cm³/mol. The lowest BCUT2D eigenvalue weighted by atomic mass is 9.95. The van der Waals surface area contributed by atoms with Crippen molar-refractivity contribution in [2.24, 2.45) is 0 Å². The molecule has 90 valence electrons. The average molecular weight is 232 g/mol. The van der Waals surface area contributed by atoms with Crippen LogP contribution in [0, 0.1) is 6.92 Å². The van der Waals surface area contributed by atoms with Gasteiger partial charge in [0.05, 0.1) is 6.61 Å². The molecule has 1 heterocycles. The van der Waals surface area contributed by atoms with Gasteiger partial charge in [-0.25, -0.2) is 4.79 Å². The molecule has 1 aromatic rings. The van der Waals surface area contributed by atoms with Crippen molar-refractivity contribution in [2.75, 3.05) is 6.61 Å². The molecule has 0 amide bonds. The molecular weight excluding hydrogens is 216 g/mol. The van der Waals surface area contributed by atoms with Crippen LogP contribution in [0.25, 0.3) is 6.08 Å². The fourth-order valence-electron chi connectivity index (χ4n) is 2.08. The Bertz CT molecular complexity index is 486. The third-order valence-corrected chi connectivity index (χ3v) is 3.14. The van der Waals surface area contributed by atoms with Gasteiger partial charge in [0.2, 0.25) is 0 Å². The van der Waals surface area contributed by atoms with Crippen LogP contribution in [-0.4, -0.2) is 17.7 Å². The van der Waals surface area contributed by atoms with E-state index in [0.717, 1.165) is 36.3 Å². The highest BCUT2D eigenvalue weighted by Crippen LogP contribution is 2.30. The number of hydrogen-bond acceptors (Lipinski definition) is 2. The van der Waals surface area contributed by atoms with Crippen molar-refractivity contribution in [3.63, 3.8) is 0 Å². The fourth-order valence-corrected chi connectivity index (χ4v) is 2.08. The summed E-state index contributed by atoms with van der Waals surface area (Å²) in [6.45, 7) is 4.40. The minimum absolute atomic E-state index is 0.352. The lowest BCUT2D eigenvalue weighted by Gasteiger charge is -2.20. The monoisotopic (exact) mass is 232 g/mol. The molecule has 0 bridgehead atoms. The Morgan fingerprint density at radius 2 is 2.24 bits per heavy atom. The summed E-state index contributed by atoms with van der Waals surface area (Å²) in [5.41, 5.74) is 3.66. The van der Waals surface area contributed by atoms with Crippen LogP contribution in [-0.2, 0) is 11.2 Å². The molecule has 1 aliphatic heterocycles. The molecule has 0 saturated carbocycles. The molecule has 0 fully saturated rings. The first-order valence-corrected chi connectivity index (χ1v) is 5.76. The molecule has 1 aliphatic rings. The molecule has 3 heteroatoms. The van der Waals surface area contributed by atoms with Crippen molar-refractivity contribution in [3.05, 3.63) is 34.4 Å². The third kappa shape index (κ3) is 2.33. The Labute approximate surface area is 101 Å². The number of ether oxygens (including phenoxy) is 1. The van der Waals surface area contributed by atoms with E-state index in [9.17, 15) is 4.79 Å². The maximum absolute atomic E-state index is 10.8. The Hall–Kier alpha value is -1.77. The summed E-state index contributed by atoms with van der Waals surface area (Å²) in [6.07, 6.45) is 3.75. The highest BCUT2D eigenvalue weighted by atomic mass is 16.5. The second kappa shape index (κ2) is 4.62. The molecule has 0 unspecified atom stereocenters. The van der Waals surface area contributed by atoms with Gasteiger partial charge in [0, 0.05) is 5.57 Å². The number of fused-ring (bicyclic) bond motifs is 1. The van der Waals surface area contributed by atoms with Crippen molar-refractivity contribution in [3.8, 4) is 5.75 Å². The van der Waals surface area contributed by atoms with Crippen molar-refractivity contribution >= 4 is 12.0 Å². The van der Waals surface area contributed by atoms with Crippen LogP contribution in [0.2, 0.25) is 0 Å². The molecule has 1 N–H and O–H groups in total. The van der Waals surface area contributed by atoms with Crippen LogP contribution in [0.15, 0.2) is 17.7 Å². The molecule has 17 heavy (non-hydrogen) atoms. The van der Waals surface area contributed by atoms with Crippen LogP contribution in [0.3, 0.4) is 0 Å². The summed E-state index contributed by atoms with van der Waals surface area (Å²) in [6, 6.07) is 3.86. The standard InChI is InChI=1S/C14H16O3/c1-9(14(15)16)8-11-5-6-13-12(10(11)2)4-3-7-17-13/h5-6,8H,3-4,7H2,1-2H3,(H,15,16)/b9-8+. The van der Waals surface area contributed by atoms with E-state index in [0.29, 0.717) is 5.57 Å². The minimum atomic E-state index is -0.877. The maximum Gasteiger partial charge on any atom is 0.331 e. The van der Waals surface area contributed by atoms with Crippen LogP contribution < -0.4 is 4.74 Å². The highest BCUT2D eigenvalue weighted by Gasteiger charge is 2.14. The fraction of sp³-hybridized carbons (Fsp3) is 0.357. The van der Waals surface area contributed by atoms with Gasteiger partial charge >= 0.3 is 5.97 Å². The van der Waals surface area contributed by atoms with E-state index >= 15 is 0 Å². The Balaban J connectivity index is 2.43. The average Bonchev–Trinajstić information content (AvgIpc) is 2.33. The number of carbonyl (C=O) groups is 1. The normalized spacial score (nSPS) is 15.1. The van der Waals surface area contributed by atoms with Gasteiger partial charge < -0.3 is 9.84 Å². The smallest absolute Gasteiger partial charge is 0.331 e. The molecule has 0 saturated heterocycles. The van der Waals surface area contributed by atoms with Crippen molar-refractivity contribution in [1.82, 2.24) is 0 Å². The van der Waals surface area contributed by atoms with Gasteiger partial charge in [0.15, 0.2) is 0 Å². The minimum Gasteiger partial charge on any atom is -0.493 e. The van der Waals surface area contributed by atoms with Crippen LogP contribution in [0.1, 0.15) is 30.0 Å². The highest BCUT2D eigenvalue weighted by molar-refractivity contribution is 5.91. The van der Waals surface area contributed by atoms with E-state index < -0.39 is 5.97 Å². The molecule has 0 aromatic heterocycles. The summed E-state index contributed by atoms with van der Waals surface area (Å²) in [7, 11) is 0. The largest absolute Gasteiger partial charge is 0.493 e. The molecule has 1 aromatic carbocycles. The van der Waals surface area contributed by atoms with Crippen molar-refractivity contribution < 1.29 is 14.6 Å². The number of carboxylic acids is 1. The summed E-state index contributed by atoms with van der Waals surface area (Å²) in [5, 5.41) is 8.88. The Morgan fingerprint density at radius 3 is 2.94 bits per heavy atom. The Kier molecular flexibility index (Phi) is 3.18. The van der Waals surface area contributed by atoms with Gasteiger partial charge in [0.25, 0.3) is 0 Å². The van der Waals surface area contributed by atoms with E-state index in [1.54, 1.807) is 13.0 Å². The SMILES string of the molecule is C/C(=C\c1ccc2c(c1C)CCCO2)C(=O)O. The zero-order valence-electron chi connectivity index (χ0n) is 10.1. The molecular formula is C14H16O3. The quantitative estimate of drug-likeness (QED) is 0.797. The molecule has 2 rings (SSSR count). The number of hydrogen-bond donors (Lipinski definition) is 1. The van der Waals surface area contributed by atoms with E-state index in [4.69, 9.17) is 9.84 Å². The van der Waals surface area contributed by atoms with Crippen molar-refractivity contribution in [2.45, 2.75) is 26.7 Å². The van der Waals surface area contributed by atoms with E-state index in [1.807, 2.05) is 19.1 Å². The number of carboxylic acid groups (broad SMARTS) is 1. The molecule has 3 nitrogen and oxygen atoms in total. The first-order valence-electron chi connectivity index (χ1n) is 5.76. The van der Waals surface area contributed by atoms with E-state index in [-0.39, 0.29) is 0 Å². The zero-order chi connectivity index (χ0) is 12.4. The number of aliphatic carboxylic acids is 1. The zero-order valence-corrected chi connectivity index (χ0v) is 10.1. The topological polar surface area (TPSA) is 46.5 Å².